The lowest BCUT2D eigenvalue weighted by atomic mass is 10.2. The third-order valence-electron chi connectivity index (χ3n) is 3.06. The molecule has 2 aromatic heterocycles. The van der Waals surface area contributed by atoms with E-state index in [2.05, 4.69) is 20.5 Å². The predicted octanol–water partition coefficient (Wildman–Crippen LogP) is 4.18. The minimum atomic E-state index is -0.255. The van der Waals surface area contributed by atoms with Crippen LogP contribution in [0.2, 0.25) is 0 Å². The molecule has 0 aliphatic carbocycles. The number of nitrogens with one attached hydrogen (secondary N) is 1. The van der Waals surface area contributed by atoms with Crippen molar-refractivity contribution in [3.63, 3.8) is 0 Å². The first-order chi connectivity index (χ1) is 10.7. The molecule has 0 aliphatic heterocycles. The molecule has 6 heteroatoms. The van der Waals surface area contributed by atoms with Crippen molar-refractivity contribution < 1.29 is 4.39 Å². The largest absolute Gasteiger partial charge is 0.265 e. The van der Waals surface area contributed by atoms with Crippen molar-refractivity contribution in [2.75, 3.05) is 5.43 Å². The Balaban J connectivity index is 1.73. The molecule has 2 heterocycles. The van der Waals surface area contributed by atoms with Gasteiger partial charge in [0.15, 0.2) is 0 Å². The summed E-state index contributed by atoms with van der Waals surface area (Å²) >= 11 is 1.45. The second-order valence-electron chi connectivity index (χ2n) is 4.59. The second-order valence-corrected chi connectivity index (χ2v) is 5.45. The topological polar surface area (TPSA) is 50.2 Å². The Labute approximate surface area is 131 Å². The Morgan fingerprint density at radius 2 is 1.86 bits per heavy atom. The van der Waals surface area contributed by atoms with E-state index in [1.807, 2.05) is 24.4 Å². The van der Waals surface area contributed by atoms with E-state index in [4.69, 9.17) is 0 Å². The van der Waals surface area contributed by atoms with Gasteiger partial charge in [-0.3, -0.25) is 10.4 Å². The molecule has 3 rings (SSSR count). The molecule has 3 aromatic rings. The maximum atomic E-state index is 12.9. The van der Waals surface area contributed by atoms with E-state index in [1.165, 1.54) is 23.5 Å². The Morgan fingerprint density at radius 1 is 1.14 bits per heavy atom. The summed E-state index contributed by atoms with van der Waals surface area (Å²) in [5.41, 5.74) is 6.46. The summed E-state index contributed by atoms with van der Waals surface area (Å²) in [7, 11) is 0. The van der Waals surface area contributed by atoms with Gasteiger partial charge in [-0.15, -0.1) is 11.3 Å². The lowest BCUT2D eigenvalue weighted by Gasteiger charge is -2.00. The van der Waals surface area contributed by atoms with E-state index < -0.39 is 0 Å². The van der Waals surface area contributed by atoms with E-state index in [0.29, 0.717) is 5.13 Å². The van der Waals surface area contributed by atoms with Crippen molar-refractivity contribution >= 4 is 22.2 Å². The molecular weight excluding hydrogens is 299 g/mol. The van der Waals surface area contributed by atoms with Gasteiger partial charge in [0.2, 0.25) is 5.13 Å². The Kier molecular flexibility index (Phi) is 4.20. The maximum absolute atomic E-state index is 12.9. The Morgan fingerprint density at radius 3 is 2.59 bits per heavy atom. The molecule has 0 bridgehead atoms. The first-order valence-electron chi connectivity index (χ1n) is 6.64. The van der Waals surface area contributed by atoms with Crippen molar-refractivity contribution in [1.29, 1.82) is 0 Å². The van der Waals surface area contributed by atoms with Gasteiger partial charge in [0, 0.05) is 28.9 Å². The molecule has 0 atom stereocenters. The van der Waals surface area contributed by atoms with Gasteiger partial charge in [-0.2, -0.15) is 5.10 Å². The van der Waals surface area contributed by atoms with Crippen LogP contribution in [-0.2, 0) is 0 Å². The van der Waals surface area contributed by atoms with Gasteiger partial charge < -0.3 is 0 Å². The van der Waals surface area contributed by atoms with Crippen LogP contribution in [0.15, 0.2) is 59.3 Å². The van der Waals surface area contributed by atoms with Gasteiger partial charge in [0.1, 0.15) is 5.82 Å². The van der Waals surface area contributed by atoms with Crippen molar-refractivity contribution in [1.82, 2.24) is 9.97 Å². The number of pyridine rings is 1. The summed E-state index contributed by atoms with van der Waals surface area (Å²) in [4.78, 5) is 8.42. The smallest absolute Gasteiger partial charge is 0.203 e. The number of nitrogens with zero attached hydrogens (tertiary/aromatic N) is 3. The molecule has 0 spiro atoms. The number of aromatic nitrogens is 2. The lowest BCUT2D eigenvalue weighted by molar-refractivity contribution is 0.628. The zero-order valence-electron chi connectivity index (χ0n) is 11.8. The van der Waals surface area contributed by atoms with Gasteiger partial charge in [-0.05, 0) is 43.3 Å². The summed E-state index contributed by atoms with van der Waals surface area (Å²) in [5, 5.41) is 6.91. The van der Waals surface area contributed by atoms with Crippen LogP contribution in [0.3, 0.4) is 0 Å². The van der Waals surface area contributed by atoms with E-state index >= 15 is 0 Å². The van der Waals surface area contributed by atoms with Crippen LogP contribution in [-0.4, -0.2) is 15.7 Å². The molecule has 0 saturated carbocycles. The maximum Gasteiger partial charge on any atom is 0.203 e. The van der Waals surface area contributed by atoms with Crippen LogP contribution in [0.1, 0.15) is 12.5 Å². The number of rotatable bonds is 4. The third-order valence-corrected chi connectivity index (χ3v) is 3.81. The number of benzene rings is 1. The van der Waals surface area contributed by atoms with Crippen LogP contribution in [0.5, 0.6) is 0 Å². The van der Waals surface area contributed by atoms with E-state index in [0.717, 1.165) is 22.5 Å². The molecule has 0 fully saturated rings. The normalized spacial score (nSPS) is 11.5. The summed E-state index contributed by atoms with van der Waals surface area (Å²) in [6.45, 7) is 1.91. The standard InChI is InChI=1S/C16H13FN4S/c1-11(12-6-8-18-9-7-12)20-21-16-19-15(10-22-16)13-2-4-14(17)5-3-13/h2-10H,1H3,(H,19,21)/b20-11-. The SMILES string of the molecule is C/C(=N/Nc1nc(-c2ccc(F)cc2)cs1)c1ccncc1. The number of hydrogen-bond acceptors (Lipinski definition) is 5. The number of anilines is 1. The minimum absolute atomic E-state index is 0.255. The van der Waals surface area contributed by atoms with E-state index in [1.54, 1.807) is 24.5 Å². The van der Waals surface area contributed by atoms with Crippen LogP contribution < -0.4 is 5.43 Å². The molecule has 4 nitrogen and oxygen atoms in total. The number of thiazole rings is 1. The highest BCUT2D eigenvalue weighted by Gasteiger charge is 2.04. The zero-order chi connectivity index (χ0) is 15.4. The summed E-state index contributed by atoms with van der Waals surface area (Å²) in [6, 6.07) is 10.1. The van der Waals surface area contributed by atoms with Crippen LogP contribution in [0.4, 0.5) is 9.52 Å². The average Bonchev–Trinajstić information content (AvgIpc) is 3.03. The van der Waals surface area contributed by atoms with Crippen molar-refractivity contribution in [2.24, 2.45) is 5.10 Å². The molecule has 1 aromatic carbocycles. The molecule has 1 N–H and O–H groups in total. The molecule has 0 unspecified atom stereocenters. The first-order valence-corrected chi connectivity index (χ1v) is 7.52. The number of hydrazone groups is 1. The summed E-state index contributed by atoms with van der Waals surface area (Å²) in [5.74, 6) is -0.255. The summed E-state index contributed by atoms with van der Waals surface area (Å²) < 4.78 is 12.9. The number of hydrogen-bond donors (Lipinski definition) is 1. The quantitative estimate of drug-likeness (QED) is 0.581. The minimum Gasteiger partial charge on any atom is -0.265 e. The van der Waals surface area contributed by atoms with Crippen molar-refractivity contribution in [3.8, 4) is 11.3 Å². The molecule has 22 heavy (non-hydrogen) atoms. The third kappa shape index (κ3) is 3.35. The average molecular weight is 312 g/mol. The highest BCUT2D eigenvalue weighted by atomic mass is 32.1. The van der Waals surface area contributed by atoms with Gasteiger partial charge in [0.05, 0.1) is 11.4 Å². The van der Waals surface area contributed by atoms with Crippen molar-refractivity contribution in [2.45, 2.75) is 6.92 Å². The van der Waals surface area contributed by atoms with Crippen LogP contribution in [0.25, 0.3) is 11.3 Å². The fourth-order valence-corrected chi connectivity index (χ4v) is 2.53. The van der Waals surface area contributed by atoms with Gasteiger partial charge in [0.25, 0.3) is 0 Å². The Bertz CT molecular complexity index is 781. The molecular formula is C16H13FN4S. The predicted molar refractivity (Wildman–Crippen MR) is 87.6 cm³/mol. The highest BCUT2D eigenvalue weighted by Crippen LogP contribution is 2.25. The molecule has 110 valence electrons. The molecule has 0 aliphatic rings. The van der Waals surface area contributed by atoms with Crippen LogP contribution >= 0.6 is 11.3 Å². The first kappa shape index (κ1) is 14.3. The zero-order valence-corrected chi connectivity index (χ0v) is 12.6. The van der Waals surface area contributed by atoms with Gasteiger partial charge in [-0.25, -0.2) is 9.37 Å². The lowest BCUT2D eigenvalue weighted by Crippen LogP contribution is -1.99. The second kappa shape index (κ2) is 6.44. The molecule has 0 amide bonds. The Hall–Kier alpha value is -2.60. The fraction of sp³-hybridized carbons (Fsp3) is 0.0625. The van der Waals surface area contributed by atoms with Gasteiger partial charge >= 0.3 is 0 Å². The van der Waals surface area contributed by atoms with Gasteiger partial charge in [-0.1, -0.05) is 0 Å². The van der Waals surface area contributed by atoms with Crippen LogP contribution in [0, 0.1) is 5.82 Å². The molecule has 0 saturated heterocycles. The van der Waals surface area contributed by atoms with E-state index in [9.17, 15) is 4.39 Å². The van der Waals surface area contributed by atoms with E-state index in [-0.39, 0.29) is 5.82 Å². The summed E-state index contributed by atoms with van der Waals surface area (Å²) in [6.07, 6.45) is 3.45. The fourth-order valence-electron chi connectivity index (χ4n) is 1.87. The monoisotopic (exact) mass is 312 g/mol. The number of halogens is 1. The van der Waals surface area contributed by atoms with Crippen molar-refractivity contribution in [3.05, 3.63) is 65.6 Å². The molecule has 0 radical (unpaired) electrons. The highest BCUT2D eigenvalue weighted by molar-refractivity contribution is 7.14.